The Hall–Kier alpha value is -3.25. The summed E-state index contributed by atoms with van der Waals surface area (Å²) in [6.45, 7) is 0.887. The summed E-state index contributed by atoms with van der Waals surface area (Å²) in [5, 5.41) is 3.97. The number of fused-ring (bicyclic) bond motifs is 1. The van der Waals surface area contributed by atoms with E-state index in [4.69, 9.17) is 4.74 Å². The average molecular weight is 404 g/mol. The molecule has 2 aromatic heterocycles. The third kappa shape index (κ3) is 5.39. The Labute approximate surface area is 173 Å². The minimum Gasteiger partial charge on any atom is -0.487 e. The monoisotopic (exact) mass is 403 g/mol. The second kappa shape index (κ2) is 9.30. The summed E-state index contributed by atoms with van der Waals surface area (Å²) in [6, 6.07) is 21.5. The van der Waals surface area contributed by atoms with Crippen molar-refractivity contribution in [1.29, 1.82) is 0 Å². The van der Waals surface area contributed by atoms with E-state index in [-0.39, 0.29) is 5.91 Å². The highest BCUT2D eigenvalue weighted by Gasteiger charge is 2.07. The van der Waals surface area contributed by atoms with Crippen molar-refractivity contribution in [3.8, 4) is 5.75 Å². The van der Waals surface area contributed by atoms with Gasteiger partial charge in [0.15, 0.2) is 0 Å². The van der Waals surface area contributed by atoms with Crippen LogP contribution in [-0.4, -0.2) is 15.9 Å². The molecule has 0 fully saturated rings. The topological polar surface area (TPSA) is 64.1 Å². The minimum atomic E-state index is 0.0177. The number of rotatable bonds is 8. The summed E-state index contributed by atoms with van der Waals surface area (Å²) < 4.78 is 6.95. The smallest absolute Gasteiger partial charge is 0.220 e. The maximum atomic E-state index is 12.2. The molecule has 2 heterocycles. The lowest BCUT2D eigenvalue weighted by molar-refractivity contribution is -0.121. The van der Waals surface area contributed by atoms with Crippen LogP contribution >= 0.6 is 11.3 Å². The Balaban J connectivity index is 1.25. The van der Waals surface area contributed by atoms with Crippen LogP contribution in [0, 0.1) is 0 Å². The van der Waals surface area contributed by atoms with Crippen LogP contribution in [0.15, 0.2) is 72.9 Å². The van der Waals surface area contributed by atoms with Gasteiger partial charge in [0.2, 0.25) is 5.91 Å². The molecule has 0 bridgehead atoms. The van der Waals surface area contributed by atoms with Gasteiger partial charge in [0.05, 0.1) is 20.9 Å². The van der Waals surface area contributed by atoms with Crippen molar-refractivity contribution >= 4 is 27.5 Å². The van der Waals surface area contributed by atoms with E-state index in [1.807, 2.05) is 60.7 Å². The van der Waals surface area contributed by atoms with Gasteiger partial charge in [0.25, 0.3) is 0 Å². The molecule has 6 heteroatoms. The fourth-order valence-corrected chi connectivity index (χ4v) is 3.89. The number of para-hydroxylation sites is 1. The quantitative estimate of drug-likeness (QED) is 0.470. The molecule has 0 saturated carbocycles. The van der Waals surface area contributed by atoms with Gasteiger partial charge in [0, 0.05) is 25.6 Å². The summed E-state index contributed by atoms with van der Waals surface area (Å²) >= 11 is 1.65. The summed E-state index contributed by atoms with van der Waals surface area (Å²) in [7, 11) is 0. The number of nitrogens with zero attached hydrogens (tertiary/aromatic N) is 2. The molecule has 0 aliphatic carbocycles. The number of ether oxygens (including phenoxy) is 1. The number of benzene rings is 2. The predicted molar refractivity (Wildman–Crippen MR) is 115 cm³/mol. The zero-order valence-electron chi connectivity index (χ0n) is 15.9. The summed E-state index contributed by atoms with van der Waals surface area (Å²) in [6.07, 6.45) is 2.83. The summed E-state index contributed by atoms with van der Waals surface area (Å²) in [4.78, 5) is 21.1. The van der Waals surface area contributed by atoms with E-state index < -0.39 is 0 Å². The molecule has 0 radical (unpaired) electrons. The molecular weight excluding hydrogens is 382 g/mol. The second-order valence-corrected chi connectivity index (χ2v) is 7.72. The van der Waals surface area contributed by atoms with Crippen LogP contribution in [0.5, 0.6) is 5.75 Å². The normalized spacial score (nSPS) is 10.8. The molecule has 0 spiro atoms. The van der Waals surface area contributed by atoms with Gasteiger partial charge in [-0.05, 0) is 42.0 Å². The highest BCUT2D eigenvalue weighted by molar-refractivity contribution is 7.18. The Morgan fingerprint density at radius 2 is 1.93 bits per heavy atom. The zero-order chi connectivity index (χ0) is 19.9. The van der Waals surface area contributed by atoms with Crippen LogP contribution in [-0.2, 0) is 24.4 Å². The highest BCUT2D eigenvalue weighted by Crippen LogP contribution is 2.22. The number of thiazole rings is 1. The van der Waals surface area contributed by atoms with Crippen molar-refractivity contribution in [3.63, 3.8) is 0 Å². The molecule has 0 saturated heterocycles. The number of amides is 1. The van der Waals surface area contributed by atoms with Crippen LogP contribution in [0.2, 0.25) is 0 Å². The summed E-state index contributed by atoms with van der Waals surface area (Å²) in [5.74, 6) is 0.779. The van der Waals surface area contributed by atoms with Crippen molar-refractivity contribution in [3.05, 3.63) is 89.2 Å². The van der Waals surface area contributed by atoms with Gasteiger partial charge in [0.1, 0.15) is 12.4 Å². The van der Waals surface area contributed by atoms with Crippen LogP contribution in [0.3, 0.4) is 0 Å². The third-order valence-electron chi connectivity index (χ3n) is 4.41. The molecule has 4 rings (SSSR count). The number of nitrogens with one attached hydrogen (secondary N) is 1. The number of hydrogen-bond acceptors (Lipinski definition) is 5. The van der Waals surface area contributed by atoms with Crippen molar-refractivity contribution in [2.24, 2.45) is 0 Å². The number of hydrogen-bond donors (Lipinski definition) is 1. The lowest BCUT2D eigenvalue weighted by Gasteiger charge is -2.09. The molecule has 0 aliphatic rings. The number of aryl methyl sites for hydroxylation is 1. The number of carbonyl (C=O) groups is 1. The number of pyridine rings is 1. The first-order valence-electron chi connectivity index (χ1n) is 9.49. The molecule has 1 N–H and O–H groups in total. The molecule has 146 valence electrons. The van der Waals surface area contributed by atoms with Gasteiger partial charge in [-0.3, -0.25) is 9.78 Å². The second-order valence-electron chi connectivity index (χ2n) is 6.61. The van der Waals surface area contributed by atoms with E-state index in [0.717, 1.165) is 32.2 Å². The van der Waals surface area contributed by atoms with Gasteiger partial charge in [-0.2, -0.15) is 0 Å². The van der Waals surface area contributed by atoms with Crippen LogP contribution < -0.4 is 10.1 Å². The van der Waals surface area contributed by atoms with Crippen molar-refractivity contribution < 1.29 is 9.53 Å². The predicted octanol–water partition coefficient (Wildman–Crippen LogP) is 4.52. The molecule has 0 aliphatic heterocycles. The summed E-state index contributed by atoms with van der Waals surface area (Å²) in [5.41, 5.74) is 2.87. The van der Waals surface area contributed by atoms with E-state index in [1.54, 1.807) is 17.5 Å². The largest absolute Gasteiger partial charge is 0.487 e. The molecule has 1 amide bonds. The Morgan fingerprint density at radius 3 is 2.79 bits per heavy atom. The van der Waals surface area contributed by atoms with E-state index in [0.29, 0.717) is 26.0 Å². The Bertz CT molecular complexity index is 1060. The number of aromatic nitrogens is 2. The highest BCUT2D eigenvalue weighted by atomic mass is 32.1. The molecule has 29 heavy (non-hydrogen) atoms. The SMILES string of the molecule is O=C(CCc1nc2ccccc2s1)NCc1cccc(OCc2ccccn2)c1. The minimum absolute atomic E-state index is 0.0177. The van der Waals surface area contributed by atoms with E-state index >= 15 is 0 Å². The lowest BCUT2D eigenvalue weighted by Crippen LogP contribution is -2.23. The van der Waals surface area contributed by atoms with Gasteiger partial charge >= 0.3 is 0 Å². The third-order valence-corrected chi connectivity index (χ3v) is 5.50. The Kier molecular flexibility index (Phi) is 6.12. The molecule has 0 atom stereocenters. The molecular formula is C23H21N3O2S. The van der Waals surface area contributed by atoms with Crippen molar-refractivity contribution in [1.82, 2.24) is 15.3 Å². The zero-order valence-corrected chi connectivity index (χ0v) is 16.7. The molecule has 5 nitrogen and oxygen atoms in total. The van der Waals surface area contributed by atoms with Gasteiger partial charge in [-0.25, -0.2) is 4.98 Å². The molecule has 2 aromatic carbocycles. The van der Waals surface area contributed by atoms with Crippen LogP contribution in [0.25, 0.3) is 10.2 Å². The maximum Gasteiger partial charge on any atom is 0.220 e. The first-order chi connectivity index (χ1) is 14.3. The lowest BCUT2D eigenvalue weighted by atomic mass is 10.2. The van der Waals surface area contributed by atoms with Crippen molar-refractivity contribution in [2.75, 3.05) is 0 Å². The van der Waals surface area contributed by atoms with E-state index in [2.05, 4.69) is 21.4 Å². The maximum absolute atomic E-state index is 12.2. The fourth-order valence-electron chi connectivity index (χ4n) is 2.92. The fraction of sp³-hybridized carbons (Fsp3) is 0.174. The van der Waals surface area contributed by atoms with Crippen LogP contribution in [0.4, 0.5) is 0 Å². The molecule has 0 unspecified atom stereocenters. The first kappa shape index (κ1) is 19.1. The average Bonchev–Trinajstić information content (AvgIpc) is 3.19. The first-order valence-corrected chi connectivity index (χ1v) is 10.3. The number of carbonyl (C=O) groups excluding carboxylic acids is 1. The molecule has 4 aromatic rings. The van der Waals surface area contributed by atoms with E-state index in [1.165, 1.54) is 0 Å². The van der Waals surface area contributed by atoms with Gasteiger partial charge < -0.3 is 10.1 Å². The van der Waals surface area contributed by atoms with Gasteiger partial charge in [-0.1, -0.05) is 30.3 Å². The van der Waals surface area contributed by atoms with E-state index in [9.17, 15) is 4.79 Å². The van der Waals surface area contributed by atoms with Crippen LogP contribution in [0.1, 0.15) is 22.7 Å². The van der Waals surface area contributed by atoms with Crippen molar-refractivity contribution in [2.45, 2.75) is 26.0 Å². The standard InChI is InChI=1S/C23H21N3O2S/c27-22(11-12-23-26-20-9-1-2-10-21(20)29-23)25-15-17-6-5-8-19(14-17)28-16-18-7-3-4-13-24-18/h1-10,13-14H,11-12,15-16H2,(H,25,27). The Morgan fingerprint density at radius 1 is 1.03 bits per heavy atom. The van der Waals surface area contributed by atoms with Gasteiger partial charge in [-0.15, -0.1) is 11.3 Å².